The Bertz CT molecular complexity index is 177. The molecule has 0 fully saturated rings. The van der Waals surface area contributed by atoms with Gasteiger partial charge in [-0.2, -0.15) is 0 Å². The first kappa shape index (κ1) is 9.94. The largest absolute Gasteiger partial charge is 0.508 e. The van der Waals surface area contributed by atoms with Gasteiger partial charge in [0, 0.05) is 0 Å². The first-order valence-corrected chi connectivity index (χ1v) is 3.14. The van der Waals surface area contributed by atoms with E-state index in [1.165, 1.54) is 7.11 Å². The highest BCUT2D eigenvalue weighted by molar-refractivity contribution is 5.29. The minimum Gasteiger partial charge on any atom is -0.508 e. The van der Waals surface area contributed by atoms with Crippen LogP contribution >= 0.6 is 0 Å². The first-order valence-electron chi connectivity index (χ1n) is 3.14. The van der Waals surface area contributed by atoms with Crippen molar-refractivity contribution in [2.75, 3.05) is 7.11 Å². The van der Waals surface area contributed by atoms with E-state index in [0.29, 0.717) is 5.75 Å². The third kappa shape index (κ3) is 4.36. The van der Waals surface area contributed by atoms with Crippen molar-refractivity contribution in [1.29, 1.82) is 0 Å². The summed E-state index contributed by atoms with van der Waals surface area (Å²) >= 11 is 0. The summed E-state index contributed by atoms with van der Waals surface area (Å²) in [4.78, 5) is 3.25. The van der Waals surface area contributed by atoms with Gasteiger partial charge in [-0.3, -0.25) is 5.26 Å². The summed E-state index contributed by atoms with van der Waals surface area (Å²) in [6.45, 7) is 1.87. The molecule has 0 aliphatic rings. The number of hydrogen-bond acceptors (Lipinski definition) is 3. The molecule has 0 saturated heterocycles. The molecule has 0 heterocycles. The summed E-state index contributed by atoms with van der Waals surface area (Å²) in [5.41, 5.74) is 0.924. The minimum absolute atomic E-state index is 0.368. The minimum atomic E-state index is 0.368. The van der Waals surface area contributed by atoms with Crippen LogP contribution in [0.5, 0.6) is 5.75 Å². The number of benzene rings is 1. The Morgan fingerprint density at radius 1 is 1.27 bits per heavy atom. The van der Waals surface area contributed by atoms with Crippen LogP contribution in [0.15, 0.2) is 24.3 Å². The highest BCUT2D eigenvalue weighted by atomic mass is 17.1. The van der Waals surface area contributed by atoms with E-state index in [0.717, 1.165) is 5.56 Å². The van der Waals surface area contributed by atoms with E-state index in [9.17, 15) is 0 Å². The molecule has 62 valence electrons. The lowest BCUT2D eigenvalue weighted by molar-refractivity contribution is -0.214. The van der Waals surface area contributed by atoms with Gasteiger partial charge in [-0.25, -0.2) is 4.89 Å². The van der Waals surface area contributed by atoms with E-state index in [1.54, 1.807) is 6.07 Å². The lowest BCUT2D eigenvalue weighted by atomic mass is 10.2. The maximum absolute atomic E-state index is 8.92. The second-order valence-corrected chi connectivity index (χ2v) is 1.97. The van der Waals surface area contributed by atoms with Crippen LogP contribution in [0.25, 0.3) is 0 Å². The van der Waals surface area contributed by atoms with E-state index >= 15 is 0 Å². The molecule has 0 unspecified atom stereocenters. The zero-order chi connectivity index (χ0) is 8.69. The normalized spacial score (nSPS) is 8.27. The Morgan fingerprint density at radius 2 is 1.73 bits per heavy atom. The first-order chi connectivity index (χ1) is 5.22. The van der Waals surface area contributed by atoms with Gasteiger partial charge in [0.2, 0.25) is 0 Å². The SMILES string of the molecule is COO.Cc1ccccc1O. The maximum Gasteiger partial charge on any atom is 0.118 e. The maximum atomic E-state index is 8.92. The number of phenolic OH excluding ortho intramolecular Hbond substituents is 1. The molecule has 0 radical (unpaired) electrons. The van der Waals surface area contributed by atoms with Crippen molar-refractivity contribution in [3.8, 4) is 5.75 Å². The summed E-state index contributed by atoms with van der Waals surface area (Å²) < 4.78 is 0. The molecule has 0 amide bonds. The molecule has 0 aromatic heterocycles. The molecule has 0 aliphatic carbocycles. The van der Waals surface area contributed by atoms with Gasteiger partial charge >= 0.3 is 0 Å². The van der Waals surface area contributed by atoms with Crippen LogP contribution < -0.4 is 0 Å². The van der Waals surface area contributed by atoms with Crippen LogP contribution in [-0.2, 0) is 4.89 Å². The highest BCUT2D eigenvalue weighted by Crippen LogP contribution is 2.12. The zero-order valence-electron chi connectivity index (χ0n) is 6.61. The van der Waals surface area contributed by atoms with E-state index in [-0.39, 0.29) is 0 Å². The van der Waals surface area contributed by atoms with Crippen molar-refractivity contribution in [3.63, 3.8) is 0 Å². The van der Waals surface area contributed by atoms with Crippen LogP contribution in [-0.4, -0.2) is 17.5 Å². The number of phenols is 1. The van der Waals surface area contributed by atoms with Crippen LogP contribution in [0.4, 0.5) is 0 Å². The van der Waals surface area contributed by atoms with E-state index in [2.05, 4.69) is 4.89 Å². The Hall–Kier alpha value is -1.06. The fourth-order valence-corrected chi connectivity index (χ4v) is 0.563. The number of para-hydroxylation sites is 1. The second kappa shape index (κ2) is 5.70. The lowest BCUT2D eigenvalue weighted by Crippen LogP contribution is -1.68. The molecular weight excluding hydrogens is 144 g/mol. The highest BCUT2D eigenvalue weighted by Gasteiger charge is 1.86. The summed E-state index contributed by atoms with van der Waals surface area (Å²) in [5, 5.41) is 16.0. The molecule has 3 nitrogen and oxygen atoms in total. The molecule has 11 heavy (non-hydrogen) atoms. The Morgan fingerprint density at radius 3 is 2.00 bits per heavy atom. The molecule has 1 aromatic carbocycles. The fraction of sp³-hybridized carbons (Fsp3) is 0.250. The third-order valence-electron chi connectivity index (χ3n) is 1.12. The molecule has 2 N–H and O–H groups in total. The van der Waals surface area contributed by atoms with Crippen molar-refractivity contribution in [2.45, 2.75) is 6.92 Å². The Labute approximate surface area is 65.8 Å². The molecule has 1 rings (SSSR count). The van der Waals surface area contributed by atoms with Crippen molar-refractivity contribution in [2.24, 2.45) is 0 Å². The number of aromatic hydroxyl groups is 1. The quantitative estimate of drug-likeness (QED) is 0.445. The molecular formula is C8H12O3. The van der Waals surface area contributed by atoms with Gasteiger partial charge in [0.15, 0.2) is 0 Å². The molecule has 0 spiro atoms. The summed E-state index contributed by atoms with van der Waals surface area (Å²) in [5.74, 6) is 0.368. The van der Waals surface area contributed by atoms with Crippen LogP contribution in [0.2, 0.25) is 0 Å². The molecule has 1 aromatic rings. The van der Waals surface area contributed by atoms with Crippen molar-refractivity contribution >= 4 is 0 Å². The third-order valence-corrected chi connectivity index (χ3v) is 1.12. The van der Waals surface area contributed by atoms with Crippen molar-refractivity contribution in [1.82, 2.24) is 0 Å². The number of hydrogen-bond donors (Lipinski definition) is 2. The van der Waals surface area contributed by atoms with Gasteiger partial charge in [-0.1, -0.05) is 18.2 Å². The monoisotopic (exact) mass is 156 g/mol. The lowest BCUT2D eigenvalue weighted by Gasteiger charge is -1.92. The predicted molar refractivity (Wildman–Crippen MR) is 42.5 cm³/mol. The van der Waals surface area contributed by atoms with Crippen molar-refractivity contribution in [3.05, 3.63) is 29.8 Å². The van der Waals surface area contributed by atoms with Crippen molar-refractivity contribution < 1.29 is 15.3 Å². The second-order valence-electron chi connectivity index (χ2n) is 1.97. The van der Waals surface area contributed by atoms with Gasteiger partial charge in [-0.15, -0.1) is 0 Å². The molecule has 0 bridgehead atoms. The number of aryl methyl sites for hydroxylation is 1. The standard InChI is InChI=1S/C7H8O.CH4O2/c1-6-4-2-3-5-7(6)8;1-3-2/h2-5,8H,1H3;2H,1H3. The predicted octanol–water partition coefficient (Wildman–Crippen LogP) is 1.81. The summed E-state index contributed by atoms with van der Waals surface area (Å²) in [6, 6.07) is 7.25. The zero-order valence-corrected chi connectivity index (χ0v) is 6.61. The Kier molecular flexibility index (Phi) is 5.15. The van der Waals surface area contributed by atoms with Gasteiger partial charge in [0.25, 0.3) is 0 Å². The number of rotatable bonds is 0. The van der Waals surface area contributed by atoms with Gasteiger partial charge in [0.1, 0.15) is 5.75 Å². The van der Waals surface area contributed by atoms with E-state index in [4.69, 9.17) is 10.4 Å². The average Bonchev–Trinajstić information content (AvgIpc) is 1.97. The molecule has 0 aliphatic heterocycles. The summed E-state index contributed by atoms with van der Waals surface area (Å²) in [7, 11) is 1.18. The summed E-state index contributed by atoms with van der Waals surface area (Å²) in [6.07, 6.45) is 0. The van der Waals surface area contributed by atoms with Gasteiger partial charge in [-0.05, 0) is 18.6 Å². The van der Waals surface area contributed by atoms with Crippen LogP contribution in [0.1, 0.15) is 5.56 Å². The Balaban J connectivity index is 0.000000292. The van der Waals surface area contributed by atoms with E-state index < -0.39 is 0 Å². The molecule has 0 saturated carbocycles. The van der Waals surface area contributed by atoms with E-state index in [1.807, 2.05) is 25.1 Å². The van der Waals surface area contributed by atoms with Crippen LogP contribution in [0, 0.1) is 6.92 Å². The fourth-order valence-electron chi connectivity index (χ4n) is 0.563. The average molecular weight is 156 g/mol. The smallest absolute Gasteiger partial charge is 0.118 e. The van der Waals surface area contributed by atoms with Crippen LogP contribution in [0.3, 0.4) is 0 Å². The molecule has 0 atom stereocenters. The molecule has 3 heteroatoms. The van der Waals surface area contributed by atoms with Gasteiger partial charge in [0.05, 0.1) is 7.11 Å². The topological polar surface area (TPSA) is 49.7 Å². The van der Waals surface area contributed by atoms with Gasteiger partial charge < -0.3 is 5.11 Å².